The van der Waals surface area contributed by atoms with Crippen molar-refractivity contribution in [2.24, 2.45) is 5.92 Å². The highest BCUT2D eigenvalue weighted by Gasteiger charge is 2.34. The number of hydrogen-bond donors (Lipinski definition) is 1. The molecular formula is C22H23F3N2O3. The molecule has 2 rings (SSSR count). The van der Waals surface area contributed by atoms with Crippen molar-refractivity contribution >= 4 is 5.91 Å². The summed E-state index contributed by atoms with van der Waals surface area (Å²) in [5.74, 6) is 0.168. The van der Waals surface area contributed by atoms with Gasteiger partial charge < -0.3 is 14.8 Å². The number of carbonyl (C=O) groups excluding carboxylic acids is 1. The molecule has 0 saturated carbocycles. The Bertz CT molecular complexity index is 877. The van der Waals surface area contributed by atoms with E-state index in [1.807, 2.05) is 32.0 Å². The van der Waals surface area contributed by atoms with Gasteiger partial charge in [-0.25, -0.2) is 0 Å². The van der Waals surface area contributed by atoms with Gasteiger partial charge in [0, 0.05) is 0 Å². The summed E-state index contributed by atoms with van der Waals surface area (Å²) in [6.07, 6.45) is -5.36. The van der Waals surface area contributed by atoms with Crippen LogP contribution in [-0.4, -0.2) is 25.2 Å². The fraction of sp³-hybridized carbons (Fsp3) is 0.364. The molecule has 2 aromatic rings. The fourth-order valence-corrected chi connectivity index (χ4v) is 2.70. The fourth-order valence-electron chi connectivity index (χ4n) is 2.70. The predicted octanol–water partition coefficient (Wildman–Crippen LogP) is 4.57. The number of ether oxygens (including phenoxy) is 2. The first kappa shape index (κ1) is 23.1. The second-order valence-electron chi connectivity index (χ2n) is 7.01. The molecule has 0 radical (unpaired) electrons. The van der Waals surface area contributed by atoms with Crippen LogP contribution in [-0.2, 0) is 11.0 Å². The van der Waals surface area contributed by atoms with Crippen LogP contribution < -0.4 is 14.8 Å². The van der Waals surface area contributed by atoms with Crippen LogP contribution >= 0.6 is 0 Å². The number of carbonyl (C=O) groups is 1. The van der Waals surface area contributed by atoms with Gasteiger partial charge in [-0.1, -0.05) is 32.0 Å². The minimum Gasteiger partial charge on any atom is -0.492 e. The van der Waals surface area contributed by atoms with Gasteiger partial charge in [0.2, 0.25) is 0 Å². The maximum atomic E-state index is 13.2. The zero-order valence-corrected chi connectivity index (χ0v) is 16.7. The summed E-state index contributed by atoms with van der Waals surface area (Å²) < 4.78 is 50.6. The molecule has 5 nitrogen and oxygen atoms in total. The molecule has 0 heterocycles. The van der Waals surface area contributed by atoms with Gasteiger partial charge in [-0.3, -0.25) is 4.79 Å². The van der Waals surface area contributed by atoms with Gasteiger partial charge in [-0.05, 0) is 42.7 Å². The van der Waals surface area contributed by atoms with Gasteiger partial charge >= 0.3 is 6.18 Å². The number of benzene rings is 2. The first-order valence-corrected chi connectivity index (χ1v) is 9.44. The van der Waals surface area contributed by atoms with Crippen molar-refractivity contribution in [2.75, 3.05) is 13.2 Å². The van der Waals surface area contributed by atoms with E-state index in [0.29, 0.717) is 12.2 Å². The van der Waals surface area contributed by atoms with Gasteiger partial charge in [0.25, 0.3) is 5.91 Å². The molecule has 160 valence electrons. The summed E-state index contributed by atoms with van der Waals surface area (Å²) in [4.78, 5) is 12.5. The third-order valence-corrected chi connectivity index (χ3v) is 4.09. The van der Waals surface area contributed by atoms with E-state index in [1.54, 1.807) is 12.1 Å². The highest BCUT2D eigenvalue weighted by atomic mass is 19.4. The van der Waals surface area contributed by atoms with Crippen LogP contribution in [0.2, 0.25) is 0 Å². The van der Waals surface area contributed by atoms with E-state index in [2.05, 4.69) is 5.32 Å². The van der Waals surface area contributed by atoms with Crippen LogP contribution in [0.4, 0.5) is 13.2 Å². The van der Waals surface area contributed by atoms with Crippen molar-refractivity contribution in [3.8, 4) is 17.6 Å². The first-order valence-electron chi connectivity index (χ1n) is 9.44. The lowest BCUT2D eigenvalue weighted by molar-refractivity contribution is -0.137. The van der Waals surface area contributed by atoms with Crippen molar-refractivity contribution in [3.63, 3.8) is 0 Å². The molecule has 8 heteroatoms. The molecule has 0 aromatic heterocycles. The van der Waals surface area contributed by atoms with Crippen molar-refractivity contribution in [2.45, 2.75) is 32.5 Å². The molecule has 0 aliphatic rings. The second-order valence-corrected chi connectivity index (χ2v) is 7.01. The van der Waals surface area contributed by atoms with Crippen molar-refractivity contribution < 1.29 is 27.4 Å². The molecule has 0 aliphatic heterocycles. The van der Waals surface area contributed by atoms with Crippen LogP contribution in [0.5, 0.6) is 11.5 Å². The van der Waals surface area contributed by atoms with Crippen molar-refractivity contribution in [1.82, 2.24) is 5.32 Å². The number of rotatable bonds is 9. The van der Waals surface area contributed by atoms with E-state index >= 15 is 0 Å². The molecule has 0 fully saturated rings. The van der Waals surface area contributed by atoms with Crippen molar-refractivity contribution in [1.29, 1.82) is 5.26 Å². The van der Waals surface area contributed by atoms with Gasteiger partial charge in [-0.2, -0.15) is 18.4 Å². The Morgan fingerprint density at radius 1 is 1.13 bits per heavy atom. The number of halogens is 3. The lowest BCUT2D eigenvalue weighted by Crippen LogP contribution is -2.41. The second kappa shape index (κ2) is 10.5. The quantitative estimate of drug-likeness (QED) is 0.604. The Labute approximate surface area is 173 Å². The molecule has 2 aromatic carbocycles. The molecule has 1 unspecified atom stereocenters. The zero-order valence-electron chi connectivity index (χ0n) is 16.7. The monoisotopic (exact) mass is 420 g/mol. The zero-order chi connectivity index (χ0) is 22.1. The molecule has 1 amide bonds. The molecule has 30 heavy (non-hydrogen) atoms. The largest absolute Gasteiger partial charge is 0.492 e. The number of alkyl halides is 3. The Morgan fingerprint density at radius 3 is 2.43 bits per heavy atom. The third kappa shape index (κ3) is 6.99. The molecule has 0 saturated heterocycles. The minimum absolute atomic E-state index is 0.0711. The Kier molecular flexibility index (Phi) is 8.10. The standard InChI is InChI=1S/C22H23F3N2O3/c1-15(2)12-20(21(28)27-10-11-29-17-6-4-3-5-7-17)30-18-9-8-16(14-26)19(13-18)22(23,24)25/h3-9,13,15,20H,10-12H2,1-2H3,(H,27,28). The summed E-state index contributed by atoms with van der Waals surface area (Å²) in [5.41, 5.74) is -1.60. The van der Waals surface area contributed by atoms with Crippen LogP contribution in [0.3, 0.4) is 0 Å². The number of hydrogen-bond acceptors (Lipinski definition) is 4. The number of nitrogens with one attached hydrogen (secondary N) is 1. The summed E-state index contributed by atoms with van der Waals surface area (Å²) in [6.45, 7) is 4.20. The predicted molar refractivity (Wildman–Crippen MR) is 105 cm³/mol. The van der Waals surface area contributed by atoms with E-state index in [4.69, 9.17) is 14.7 Å². The SMILES string of the molecule is CC(C)CC(Oc1ccc(C#N)c(C(F)(F)F)c1)C(=O)NCCOc1ccccc1. The Balaban J connectivity index is 2.03. The highest BCUT2D eigenvalue weighted by molar-refractivity contribution is 5.81. The molecule has 1 atom stereocenters. The molecular weight excluding hydrogens is 397 g/mol. The summed E-state index contributed by atoms with van der Waals surface area (Å²) in [7, 11) is 0. The van der Waals surface area contributed by atoms with Crippen LogP contribution in [0, 0.1) is 17.2 Å². The Morgan fingerprint density at radius 2 is 1.83 bits per heavy atom. The lowest BCUT2D eigenvalue weighted by atomic mass is 10.0. The third-order valence-electron chi connectivity index (χ3n) is 4.09. The van der Waals surface area contributed by atoms with E-state index in [0.717, 1.165) is 12.1 Å². The highest BCUT2D eigenvalue weighted by Crippen LogP contribution is 2.34. The molecule has 0 bridgehead atoms. The average Bonchev–Trinajstić information content (AvgIpc) is 2.70. The topological polar surface area (TPSA) is 71.3 Å². The van der Waals surface area contributed by atoms with E-state index in [1.165, 1.54) is 12.1 Å². The Hall–Kier alpha value is -3.21. The first-order chi connectivity index (χ1) is 14.2. The maximum absolute atomic E-state index is 13.2. The summed E-state index contributed by atoms with van der Waals surface area (Å²) >= 11 is 0. The lowest BCUT2D eigenvalue weighted by Gasteiger charge is -2.21. The number of nitriles is 1. The summed E-state index contributed by atoms with van der Waals surface area (Å²) in [6, 6.07) is 13.6. The van der Waals surface area contributed by atoms with Gasteiger partial charge in [0.1, 0.15) is 18.1 Å². The normalized spacial score (nSPS) is 12.2. The van der Waals surface area contributed by atoms with Gasteiger partial charge in [0.15, 0.2) is 6.10 Å². The number of amides is 1. The van der Waals surface area contributed by atoms with E-state index < -0.39 is 29.3 Å². The summed E-state index contributed by atoms with van der Waals surface area (Å²) in [5, 5.41) is 11.6. The van der Waals surface area contributed by atoms with Crippen molar-refractivity contribution in [3.05, 3.63) is 59.7 Å². The number of nitrogens with zero attached hydrogens (tertiary/aromatic N) is 1. The van der Waals surface area contributed by atoms with Crippen LogP contribution in [0.1, 0.15) is 31.4 Å². The van der Waals surface area contributed by atoms with Gasteiger partial charge in [-0.15, -0.1) is 0 Å². The van der Waals surface area contributed by atoms with Crippen LogP contribution in [0.15, 0.2) is 48.5 Å². The van der Waals surface area contributed by atoms with E-state index in [-0.39, 0.29) is 24.8 Å². The minimum atomic E-state index is -4.70. The number of para-hydroxylation sites is 1. The van der Waals surface area contributed by atoms with E-state index in [9.17, 15) is 18.0 Å². The molecule has 0 spiro atoms. The molecule has 0 aliphatic carbocycles. The van der Waals surface area contributed by atoms with Crippen LogP contribution in [0.25, 0.3) is 0 Å². The van der Waals surface area contributed by atoms with Gasteiger partial charge in [0.05, 0.1) is 23.7 Å². The average molecular weight is 420 g/mol. The smallest absolute Gasteiger partial charge is 0.417 e. The molecule has 1 N–H and O–H groups in total. The maximum Gasteiger partial charge on any atom is 0.417 e.